The number of ether oxygens (including phenoxy) is 2. The zero-order valence-electron chi connectivity index (χ0n) is 16.4. The molecule has 28 heavy (non-hydrogen) atoms. The smallest absolute Gasteiger partial charge is 0.213 e. The molecule has 0 spiro atoms. The highest BCUT2D eigenvalue weighted by Crippen LogP contribution is 2.27. The Morgan fingerprint density at radius 3 is 2.71 bits per heavy atom. The number of methoxy groups -OCH3 is 1. The maximum atomic E-state index is 6.05. The standard InChI is InChI=1S/C21H28N4O2.HI/c1-15-7-9-17(10-8-15)27-20-13-16(11-12-23-20)14-24-21(22)25-18-5-3-4-6-19(18)26-2;/h3-6,11-13,15,17H,7-10,14H2,1-2H3,(H3,22,24,25);1H. The van der Waals surface area contributed by atoms with Gasteiger partial charge in [0.1, 0.15) is 11.9 Å². The third-order valence-corrected chi connectivity index (χ3v) is 4.85. The Kier molecular flexibility index (Phi) is 8.82. The van der Waals surface area contributed by atoms with E-state index in [4.69, 9.17) is 15.2 Å². The number of benzene rings is 1. The molecule has 1 aliphatic carbocycles. The number of guanidine groups is 1. The van der Waals surface area contributed by atoms with Gasteiger partial charge in [-0.2, -0.15) is 0 Å². The number of pyridine rings is 1. The fourth-order valence-electron chi connectivity index (χ4n) is 3.23. The Bertz CT molecular complexity index is 777. The van der Waals surface area contributed by atoms with Crippen LogP contribution in [-0.4, -0.2) is 24.2 Å². The molecule has 1 aromatic carbocycles. The number of halogens is 1. The molecule has 0 radical (unpaired) electrons. The molecular weight excluding hydrogens is 467 g/mol. The number of nitrogens with two attached hydrogens (primary N) is 1. The monoisotopic (exact) mass is 496 g/mol. The topological polar surface area (TPSA) is 81.8 Å². The summed E-state index contributed by atoms with van der Waals surface area (Å²) in [6, 6.07) is 11.5. The molecule has 0 aliphatic heterocycles. The summed E-state index contributed by atoms with van der Waals surface area (Å²) < 4.78 is 11.4. The van der Waals surface area contributed by atoms with Gasteiger partial charge in [0.25, 0.3) is 0 Å². The van der Waals surface area contributed by atoms with Gasteiger partial charge in [-0.15, -0.1) is 24.0 Å². The molecular formula is C21H29IN4O2. The molecule has 1 fully saturated rings. The molecule has 152 valence electrons. The lowest BCUT2D eigenvalue weighted by Gasteiger charge is -2.26. The first-order valence-electron chi connectivity index (χ1n) is 9.45. The van der Waals surface area contributed by atoms with Crippen LogP contribution in [0.5, 0.6) is 11.6 Å². The fourth-order valence-corrected chi connectivity index (χ4v) is 3.23. The van der Waals surface area contributed by atoms with Crippen LogP contribution in [0, 0.1) is 5.92 Å². The number of aliphatic imine (C=N–C) groups is 1. The molecule has 0 atom stereocenters. The largest absolute Gasteiger partial charge is 0.495 e. The average molecular weight is 496 g/mol. The van der Waals surface area contributed by atoms with Crippen molar-refractivity contribution in [1.82, 2.24) is 4.98 Å². The van der Waals surface area contributed by atoms with Crippen LogP contribution in [-0.2, 0) is 6.54 Å². The number of rotatable bonds is 6. The second-order valence-electron chi connectivity index (χ2n) is 7.03. The van der Waals surface area contributed by atoms with E-state index in [1.54, 1.807) is 13.3 Å². The zero-order valence-corrected chi connectivity index (χ0v) is 18.8. The molecule has 7 heteroatoms. The first kappa shape index (κ1) is 22.3. The summed E-state index contributed by atoms with van der Waals surface area (Å²) in [7, 11) is 1.62. The number of nitrogens with zero attached hydrogens (tertiary/aromatic N) is 2. The predicted octanol–water partition coefficient (Wildman–Crippen LogP) is 4.59. The summed E-state index contributed by atoms with van der Waals surface area (Å²) in [6.45, 7) is 2.76. The Labute approximate surface area is 184 Å². The number of para-hydroxylation sites is 2. The summed E-state index contributed by atoms with van der Waals surface area (Å²) in [6.07, 6.45) is 6.67. The lowest BCUT2D eigenvalue weighted by atomic mass is 9.89. The minimum Gasteiger partial charge on any atom is -0.495 e. The van der Waals surface area contributed by atoms with Gasteiger partial charge >= 0.3 is 0 Å². The Morgan fingerprint density at radius 2 is 1.96 bits per heavy atom. The van der Waals surface area contributed by atoms with Crippen LogP contribution in [0.15, 0.2) is 47.6 Å². The van der Waals surface area contributed by atoms with Crippen molar-refractivity contribution in [3.63, 3.8) is 0 Å². The second kappa shape index (κ2) is 11.1. The maximum absolute atomic E-state index is 6.05. The molecule has 0 bridgehead atoms. The average Bonchev–Trinajstić information content (AvgIpc) is 2.69. The lowest BCUT2D eigenvalue weighted by Crippen LogP contribution is -2.23. The predicted molar refractivity (Wildman–Crippen MR) is 124 cm³/mol. The number of nitrogens with one attached hydrogen (secondary N) is 1. The van der Waals surface area contributed by atoms with Crippen LogP contribution in [0.2, 0.25) is 0 Å². The van der Waals surface area contributed by atoms with Crippen molar-refractivity contribution in [3.05, 3.63) is 48.2 Å². The molecule has 1 saturated carbocycles. The quantitative estimate of drug-likeness (QED) is 0.347. The van der Waals surface area contributed by atoms with Crippen molar-refractivity contribution in [1.29, 1.82) is 0 Å². The molecule has 6 nitrogen and oxygen atoms in total. The third-order valence-electron chi connectivity index (χ3n) is 4.85. The van der Waals surface area contributed by atoms with Crippen LogP contribution in [0.25, 0.3) is 0 Å². The Hall–Kier alpha value is -2.03. The highest BCUT2D eigenvalue weighted by molar-refractivity contribution is 14.0. The number of hydrogen-bond donors (Lipinski definition) is 2. The van der Waals surface area contributed by atoms with Crippen LogP contribution < -0.4 is 20.5 Å². The molecule has 1 aromatic heterocycles. The molecule has 1 heterocycles. The first-order chi connectivity index (χ1) is 13.1. The van der Waals surface area contributed by atoms with Crippen molar-refractivity contribution in [2.45, 2.75) is 45.3 Å². The minimum absolute atomic E-state index is 0. The first-order valence-corrected chi connectivity index (χ1v) is 9.45. The van der Waals surface area contributed by atoms with E-state index < -0.39 is 0 Å². The zero-order chi connectivity index (χ0) is 19.1. The van der Waals surface area contributed by atoms with Crippen molar-refractivity contribution >= 4 is 35.6 Å². The molecule has 1 aliphatic rings. The highest BCUT2D eigenvalue weighted by atomic mass is 127. The Morgan fingerprint density at radius 1 is 1.21 bits per heavy atom. The fraction of sp³-hybridized carbons (Fsp3) is 0.429. The van der Waals surface area contributed by atoms with Gasteiger partial charge < -0.3 is 20.5 Å². The van der Waals surface area contributed by atoms with Gasteiger partial charge in [0.05, 0.1) is 19.3 Å². The highest BCUT2D eigenvalue weighted by Gasteiger charge is 2.19. The van der Waals surface area contributed by atoms with E-state index in [9.17, 15) is 0 Å². The second-order valence-corrected chi connectivity index (χ2v) is 7.03. The summed E-state index contributed by atoms with van der Waals surface area (Å²) in [5, 5.41) is 3.07. The normalized spacial score (nSPS) is 19.4. The van der Waals surface area contributed by atoms with E-state index in [-0.39, 0.29) is 30.1 Å². The van der Waals surface area contributed by atoms with Crippen LogP contribution in [0.4, 0.5) is 5.69 Å². The van der Waals surface area contributed by atoms with E-state index in [1.807, 2.05) is 36.4 Å². The van der Waals surface area contributed by atoms with Crippen molar-refractivity contribution in [3.8, 4) is 11.6 Å². The number of hydrogen-bond acceptors (Lipinski definition) is 4. The molecule has 0 unspecified atom stereocenters. The van der Waals surface area contributed by atoms with E-state index in [0.29, 0.717) is 18.4 Å². The van der Waals surface area contributed by atoms with Crippen LogP contribution >= 0.6 is 24.0 Å². The van der Waals surface area contributed by atoms with Gasteiger partial charge in [-0.25, -0.2) is 9.98 Å². The van der Waals surface area contributed by atoms with Crippen molar-refractivity contribution in [2.75, 3.05) is 12.4 Å². The van der Waals surface area contributed by atoms with Gasteiger partial charge in [-0.1, -0.05) is 19.1 Å². The molecule has 3 N–H and O–H groups in total. The lowest BCUT2D eigenvalue weighted by molar-refractivity contribution is 0.130. The molecule has 2 aromatic rings. The van der Waals surface area contributed by atoms with Crippen LogP contribution in [0.1, 0.15) is 38.2 Å². The molecule has 3 rings (SSSR count). The van der Waals surface area contributed by atoms with Gasteiger partial charge in [0.2, 0.25) is 5.88 Å². The van der Waals surface area contributed by atoms with E-state index in [1.165, 1.54) is 12.8 Å². The molecule has 0 saturated heterocycles. The minimum atomic E-state index is 0. The summed E-state index contributed by atoms with van der Waals surface area (Å²) in [4.78, 5) is 8.74. The van der Waals surface area contributed by atoms with Crippen molar-refractivity contribution < 1.29 is 9.47 Å². The Balaban J connectivity index is 0.00000280. The number of anilines is 1. The van der Waals surface area contributed by atoms with E-state index in [2.05, 4.69) is 22.2 Å². The van der Waals surface area contributed by atoms with Gasteiger partial charge in [0, 0.05) is 12.3 Å². The summed E-state index contributed by atoms with van der Waals surface area (Å²) in [5.41, 5.74) is 7.81. The van der Waals surface area contributed by atoms with E-state index in [0.717, 1.165) is 35.8 Å². The SMILES string of the molecule is COc1ccccc1NC(N)=NCc1ccnc(OC2CCC(C)CC2)c1.I. The van der Waals surface area contributed by atoms with Gasteiger partial charge in [0.15, 0.2) is 5.96 Å². The third kappa shape index (κ3) is 6.54. The van der Waals surface area contributed by atoms with Gasteiger partial charge in [-0.05, 0) is 55.4 Å². The summed E-state index contributed by atoms with van der Waals surface area (Å²) in [5.74, 6) is 2.52. The van der Waals surface area contributed by atoms with Crippen molar-refractivity contribution in [2.24, 2.45) is 16.6 Å². The van der Waals surface area contributed by atoms with Gasteiger partial charge in [-0.3, -0.25) is 0 Å². The van der Waals surface area contributed by atoms with Crippen LogP contribution in [0.3, 0.4) is 0 Å². The molecule has 0 amide bonds. The maximum Gasteiger partial charge on any atom is 0.213 e. The van der Waals surface area contributed by atoms with E-state index >= 15 is 0 Å². The summed E-state index contributed by atoms with van der Waals surface area (Å²) >= 11 is 0. The number of aromatic nitrogens is 1.